The first kappa shape index (κ1) is 15.7. The molecule has 5 heteroatoms. The molecular weight excluding hydrogens is 312 g/mol. The Morgan fingerprint density at radius 3 is 2.64 bits per heavy atom. The lowest BCUT2D eigenvalue weighted by Gasteiger charge is -2.32. The maximum Gasteiger partial charge on any atom is 0.274 e. The quantitative estimate of drug-likeness (QED) is 0.722. The van der Waals surface area contributed by atoms with Gasteiger partial charge in [-0.2, -0.15) is 0 Å². The average Bonchev–Trinajstić information content (AvgIpc) is 2.68. The molecule has 0 N–H and O–H groups in total. The zero-order chi connectivity index (χ0) is 17.2. The van der Waals surface area contributed by atoms with E-state index in [1.165, 1.54) is 5.56 Å². The van der Waals surface area contributed by atoms with Crippen LogP contribution in [0.15, 0.2) is 48.9 Å². The molecule has 0 aromatic carbocycles. The van der Waals surface area contributed by atoms with E-state index in [4.69, 9.17) is 0 Å². The lowest BCUT2D eigenvalue weighted by atomic mass is 9.90. The summed E-state index contributed by atoms with van der Waals surface area (Å²) in [5, 5.41) is 0.946. The molecule has 1 amide bonds. The van der Waals surface area contributed by atoms with E-state index in [-0.39, 0.29) is 5.91 Å². The lowest BCUT2D eigenvalue weighted by molar-refractivity contribution is 0.0709. The molecule has 1 aliphatic heterocycles. The monoisotopic (exact) mass is 332 g/mol. The molecule has 1 fully saturated rings. The van der Waals surface area contributed by atoms with Gasteiger partial charge in [0.25, 0.3) is 5.91 Å². The molecule has 5 nitrogen and oxygen atoms in total. The first-order valence-corrected chi connectivity index (χ1v) is 8.64. The maximum absolute atomic E-state index is 12.9. The number of rotatable bonds is 2. The Hall–Kier alpha value is -2.82. The van der Waals surface area contributed by atoms with Crippen molar-refractivity contribution in [3.63, 3.8) is 0 Å². The van der Waals surface area contributed by atoms with Gasteiger partial charge in [-0.05, 0) is 49.4 Å². The highest BCUT2D eigenvalue weighted by Gasteiger charge is 2.26. The van der Waals surface area contributed by atoms with Crippen molar-refractivity contribution in [2.24, 2.45) is 0 Å². The Bertz CT molecular complexity index is 894. The Kier molecular flexibility index (Phi) is 4.14. The third kappa shape index (κ3) is 3.09. The summed E-state index contributed by atoms with van der Waals surface area (Å²) in [4.78, 5) is 27.9. The number of carbonyl (C=O) groups is 1. The topological polar surface area (TPSA) is 59.0 Å². The molecule has 0 saturated carbocycles. The van der Waals surface area contributed by atoms with Crippen molar-refractivity contribution in [3.8, 4) is 0 Å². The molecule has 0 spiro atoms. The highest BCUT2D eigenvalue weighted by Crippen LogP contribution is 2.28. The smallest absolute Gasteiger partial charge is 0.274 e. The van der Waals surface area contributed by atoms with Crippen LogP contribution in [0.3, 0.4) is 0 Å². The van der Waals surface area contributed by atoms with Crippen LogP contribution >= 0.6 is 0 Å². The van der Waals surface area contributed by atoms with Gasteiger partial charge < -0.3 is 4.90 Å². The Labute approximate surface area is 146 Å². The number of hydrogen-bond acceptors (Lipinski definition) is 4. The molecule has 126 valence electrons. The van der Waals surface area contributed by atoms with Gasteiger partial charge in [-0.3, -0.25) is 14.8 Å². The molecule has 25 heavy (non-hydrogen) atoms. The molecule has 4 rings (SSSR count). The highest BCUT2D eigenvalue weighted by molar-refractivity contribution is 6.03. The second-order valence-corrected chi connectivity index (χ2v) is 6.53. The summed E-state index contributed by atoms with van der Waals surface area (Å²) in [7, 11) is 0. The van der Waals surface area contributed by atoms with Crippen LogP contribution in [0.2, 0.25) is 0 Å². The van der Waals surface area contributed by atoms with Crippen LogP contribution in [0.5, 0.6) is 0 Å². The number of carbonyl (C=O) groups excluding carboxylic acids is 1. The first-order chi connectivity index (χ1) is 12.2. The van der Waals surface area contributed by atoms with Crippen molar-refractivity contribution in [1.82, 2.24) is 19.9 Å². The third-order valence-electron chi connectivity index (χ3n) is 4.91. The SMILES string of the molecule is Cc1ccc(C2CCN(C(=O)c3nccc4cccnc34)CC2)cn1. The zero-order valence-corrected chi connectivity index (χ0v) is 14.2. The maximum atomic E-state index is 12.9. The minimum Gasteiger partial charge on any atom is -0.337 e. The molecule has 1 aliphatic rings. The first-order valence-electron chi connectivity index (χ1n) is 8.64. The van der Waals surface area contributed by atoms with Crippen LogP contribution in [0.25, 0.3) is 10.9 Å². The number of pyridine rings is 3. The van der Waals surface area contributed by atoms with Crippen molar-refractivity contribution < 1.29 is 4.79 Å². The fourth-order valence-electron chi connectivity index (χ4n) is 3.45. The van der Waals surface area contributed by atoms with E-state index >= 15 is 0 Å². The van der Waals surface area contributed by atoms with Crippen molar-refractivity contribution in [3.05, 3.63) is 65.9 Å². The summed E-state index contributed by atoms with van der Waals surface area (Å²) >= 11 is 0. The van der Waals surface area contributed by atoms with Gasteiger partial charge in [0.2, 0.25) is 0 Å². The second-order valence-electron chi connectivity index (χ2n) is 6.53. The summed E-state index contributed by atoms with van der Waals surface area (Å²) in [5.41, 5.74) is 3.43. The van der Waals surface area contributed by atoms with Crippen molar-refractivity contribution >= 4 is 16.8 Å². The van der Waals surface area contributed by atoms with E-state index in [2.05, 4.69) is 27.1 Å². The minimum absolute atomic E-state index is 0.0234. The molecular formula is C20H20N4O. The van der Waals surface area contributed by atoms with Crippen molar-refractivity contribution in [2.45, 2.75) is 25.7 Å². The number of fused-ring (bicyclic) bond motifs is 1. The molecule has 4 heterocycles. The average molecular weight is 332 g/mol. The molecule has 1 saturated heterocycles. The van der Waals surface area contributed by atoms with E-state index in [9.17, 15) is 4.79 Å². The van der Waals surface area contributed by atoms with E-state index in [1.807, 2.05) is 36.2 Å². The van der Waals surface area contributed by atoms with Crippen molar-refractivity contribution in [2.75, 3.05) is 13.1 Å². The van der Waals surface area contributed by atoms with Crippen LogP contribution in [0, 0.1) is 6.92 Å². The predicted molar refractivity (Wildman–Crippen MR) is 96.4 cm³/mol. The number of piperidine rings is 1. The van der Waals surface area contributed by atoms with Crippen LogP contribution in [0.4, 0.5) is 0 Å². The van der Waals surface area contributed by atoms with Gasteiger partial charge >= 0.3 is 0 Å². The molecule has 3 aromatic rings. The lowest BCUT2D eigenvalue weighted by Crippen LogP contribution is -2.38. The number of likely N-dealkylation sites (tertiary alicyclic amines) is 1. The van der Waals surface area contributed by atoms with Gasteiger partial charge in [-0.1, -0.05) is 12.1 Å². The summed E-state index contributed by atoms with van der Waals surface area (Å²) in [6.45, 7) is 3.47. The number of aryl methyl sites for hydroxylation is 1. The molecule has 3 aromatic heterocycles. The van der Waals surface area contributed by atoms with Gasteiger partial charge in [-0.15, -0.1) is 0 Å². The summed E-state index contributed by atoms with van der Waals surface area (Å²) < 4.78 is 0. The van der Waals surface area contributed by atoms with Gasteiger partial charge in [0.05, 0.1) is 0 Å². The summed E-state index contributed by atoms with van der Waals surface area (Å²) in [5.74, 6) is 0.445. The fourth-order valence-corrected chi connectivity index (χ4v) is 3.45. The third-order valence-corrected chi connectivity index (χ3v) is 4.91. The Morgan fingerprint density at radius 2 is 1.88 bits per heavy atom. The molecule has 0 unspecified atom stereocenters. The highest BCUT2D eigenvalue weighted by atomic mass is 16.2. The van der Waals surface area contributed by atoms with Crippen LogP contribution in [-0.4, -0.2) is 38.8 Å². The van der Waals surface area contributed by atoms with Gasteiger partial charge in [0.15, 0.2) is 5.69 Å². The van der Waals surface area contributed by atoms with Crippen LogP contribution < -0.4 is 0 Å². The Balaban J connectivity index is 1.50. The fraction of sp³-hybridized carbons (Fsp3) is 0.300. The molecule has 0 atom stereocenters. The summed E-state index contributed by atoms with van der Waals surface area (Å²) in [6.07, 6.45) is 7.26. The van der Waals surface area contributed by atoms with E-state index < -0.39 is 0 Å². The summed E-state index contributed by atoms with van der Waals surface area (Å²) in [6, 6.07) is 9.92. The second kappa shape index (κ2) is 6.59. The molecule has 0 aliphatic carbocycles. The van der Waals surface area contributed by atoms with Gasteiger partial charge in [-0.25, -0.2) is 4.98 Å². The van der Waals surface area contributed by atoms with Crippen molar-refractivity contribution in [1.29, 1.82) is 0 Å². The standard InChI is InChI=1S/C20H20N4O/c1-14-4-5-17(13-23-14)15-7-11-24(12-8-15)20(25)19-18-16(6-10-22-19)3-2-9-21-18/h2-6,9-10,13,15H,7-8,11-12H2,1H3. The number of amides is 1. The Morgan fingerprint density at radius 1 is 1.04 bits per heavy atom. The number of nitrogens with zero attached hydrogens (tertiary/aromatic N) is 4. The largest absolute Gasteiger partial charge is 0.337 e. The zero-order valence-electron chi connectivity index (χ0n) is 14.2. The van der Waals surface area contributed by atoms with Crippen LogP contribution in [0.1, 0.15) is 40.5 Å². The molecule has 0 bridgehead atoms. The number of aromatic nitrogens is 3. The van der Waals surface area contributed by atoms with E-state index in [0.717, 1.165) is 37.0 Å². The van der Waals surface area contributed by atoms with E-state index in [1.54, 1.807) is 12.4 Å². The molecule has 0 radical (unpaired) electrons. The predicted octanol–water partition coefficient (Wildman–Crippen LogP) is 3.35. The number of hydrogen-bond donors (Lipinski definition) is 0. The normalized spacial score (nSPS) is 15.5. The van der Waals surface area contributed by atoms with Gasteiger partial charge in [0, 0.05) is 42.8 Å². The van der Waals surface area contributed by atoms with E-state index in [0.29, 0.717) is 17.1 Å². The van der Waals surface area contributed by atoms with Crippen LogP contribution in [-0.2, 0) is 0 Å². The minimum atomic E-state index is -0.0234. The van der Waals surface area contributed by atoms with Gasteiger partial charge in [0.1, 0.15) is 5.52 Å².